The predicted octanol–water partition coefficient (Wildman–Crippen LogP) is 5.34. The lowest BCUT2D eigenvalue weighted by Crippen LogP contribution is -2.05. The van der Waals surface area contributed by atoms with Crippen molar-refractivity contribution in [1.82, 2.24) is 9.97 Å². The van der Waals surface area contributed by atoms with Gasteiger partial charge in [0.15, 0.2) is 0 Å². The molecule has 0 radical (unpaired) electrons. The fourth-order valence-corrected chi connectivity index (χ4v) is 2.83. The second kappa shape index (κ2) is 6.83. The minimum absolute atomic E-state index is 0.554. The van der Waals surface area contributed by atoms with Crippen molar-refractivity contribution in [3.63, 3.8) is 0 Å². The summed E-state index contributed by atoms with van der Waals surface area (Å²) in [5.41, 5.74) is 2.23. The summed E-state index contributed by atoms with van der Waals surface area (Å²) in [5.74, 6) is 1.43. The zero-order valence-corrected chi connectivity index (χ0v) is 14.6. The standard InChI is InChI=1S/C15H16BrClN2S/c1-9(2)6-12-14(16)15(20)19-13(18-12)8-10-4-3-5-11(17)7-10/h3-5,7,9H,6,8H2,1-2H3,(H,18,19,20). The first-order valence-electron chi connectivity index (χ1n) is 6.47. The number of hydrogen-bond donors (Lipinski definition) is 1. The van der Waals surface area contributed by atoms with Crippen LogP contribution in [-0.2, 0) is 12.8 Å². The Hall–Kier alpha value is -0.710. The Morgan fingerprint density at radius 3 is 2.80 bits per heavy atom. The van der Waals surface area contributed by atoms with Crippen molar-refractivity contribution in [3.8, 4) is 0 Å². The molecule has 1 aromatic heterocycles. The molecule has 106 valence electrons. The van der Waals surface area contributed by atoms with Gasteiger partial charge in [0, 0.05) is 17.1 Å². The molecule has 0 spiro atoms. The number of H-pyrrole nitrogens is 1. The molecule has 1 aromatic carbocycles. The highest BCUT2D eigenvalue weighted by Gasteiger charge is 2.09. The minimum atomic E-state index is 0.554. The van der Waals surface area contributed by atoms with E-state index in [4.69, 9.17) is 23.8 Å². The van der Waals surface area contributed by atoms with Gasteiger partial charge in [-0.3, -0.25) is 0 Å². The van der Waals surface area contributed by atoms with Crippen LogP contribution in [0.15, 0.2) is 28.7 Å². The van der Waals surface area contributed by atoms with Gasteiger partial charge in [0.25, 0.3) is 0 Å². The molecular formula is C15H16BrClN2S. The normalized spacial score (nSPS) is 11.1. The van der Waals surface area contributed by atoms with Crippen molar-refractivity contribution in [2.24, 2.45) is 5.92 Å². The third-order valence-electron chi connectivity index (χ3n) is 2.86. The number of aromatic nitrogens is 2. The monoisotopic (exact) mass is 370 g/mol. The molecule has 0 amide bonds. The highest BCUT2D eigenvalue weighted by atomic mass is 79.9. The van der Waals surface area contributed by atoms with Gasteiger partial charge >= 0.3 is 0 Å². The van der Waals surface area contributed by atoms with E-state index >= 15 is 0 Å². The first kappa shape index (κ1) is 15.7. The molecule has 2 nitrogen and oxygen atoms in total. The van der Waals surface area contributed by atoms with Crippen LogP contribution in [0.5, 0.6) is 0 Å². The lowest BCUT2D eigenvalue weighted by molar-refractivity contribution is 0.628. The molecule has 1 heterocycles. The fraction of sp³-hybridized carbons (Fsp3) is 0.333. The molecule has 2 aromatic rings. The lowest BCUT2D eigenvalue weighted by atomic mass is 10.1. The second-order valence-corrected chi connectivity index (χ2v) is 6.80. The van der Waals surface area contributed by atoms with Gasteiger partial charge in [-0.2, -0.15) is 0 Å². The van der Waals surface area contributed by atoms with E-state index < -0.39 is 0 Å². The number of hydrogen-bond acceptors (Lipinski definition) is 2. The number of nitrogens with zero attached hydrogens (tertiary/aromatic N) is 1. The van der Waals surface area contributed by atoms with E-state index in [1.807, 2.05) is 24.3 Å². The van der Waals surface area contributed by atoms with Gasteiger partial charge < -0.3 is 4.98 Å². The SMILES string of the molecule is CC(C)Cc1[nH]c(Cc2cccc(Cl)c2)nc(=S)c1Br. The molecular weight excluding hydrogens is 356 g/mol. The van der Waals surface area contributed by atoms with Crippen LogP contribution in [0.1, 0.15) is 30.9 Å². The van der Waals surface area contributed by atoms with Gasteiger partial charge in [0.2, 0.25) is 0 Å². The fourth-order valence-electron chi connectivity index (χ4n) is 2.03. The Bertz CT molecular complexity index is 667. The Morgan fingerprint density at radius 1 is 1.40 bits per heavy atom. The number of halogens is 2. The zero-order chi connectivity index (χ0) is 14.7. The molecule has 0 unspecified atom stereocenters. The number of aromatic amines is 1. The average molecular weight is 372 g/mol. The maximum Gasteiger partial charge on any atom is 0.144 e. The lowest BCUT2D eigenvalue weighted by Gasteiger charge is -2.10. The van der Waals surface area contributed by atoms with Crippen molar-refractivity contribution in [3.05, 3.63) is 55.5 Å². The molecule has 0 saturated carbocycles. The molecule has 0 aliphatic rings. The zero-order valence-electron chi connectivity index (χ0n) is 11.4. The number of benzene rings is 1. The maximum absolute atomic E-state index is 6.01. The first-order chi connectivity index (χ1) is 9.45. The Labute approximate surface area is 137 Å². The van der Waals surface area contributed by atoms with Crippen LogP contribution in [0.3, 0.4) is 0 Å². The van der Waals surface area contributed by atoms with Crippen molar-refractivity contribution < 1.29 is 0 Å². The summed E-state index contributed by atoms with van der Waals surface area (Å²) in [7, 11) is 0. The summed E-state index contributed by atoms with van der Waals surface area (Å²) < 4.78 is 1.51. The van der Waals surface area contributed by atoms with Crippen LogP contribution in [-0.4, -0.2) is 9.97 Å². The van der Waals surface area contributed by atoms with Crippen molar-refractivity contribution in [2.75, 3.05) is 0 Å². The van der Waals surface area contributed by atoms with Crippen LogP contribution in [0, 0.1) is 10.6 Å². The number of rotatable bonds is 4. The maximum atomic E-state index is 6.01. The average Bonchev–Trinajstić information content (AvgIpc) is 2.35. The van der Waals surface area contributed by atoms with Crippen LogP contribution in [0.4, 0.5) is 0 Å². The summed E-state index contributed by atoms with van der Waals surface area (Å²) in [6, 6.07) is 7.80. The molecule has 5 heteroatoms. The van der Waals surface area contributed by atoms with E-state index in [0.29, 0.717) is 17.0 Å². The van der Waals surface area contributed by atoms with Crippen LogP contribution < -0.4 is 0 Å². The van der Waals surface area contributed by atoms with E-state index in [1.54, 1.807) is 0 Å². The Balaban J connectivity index is 2.33. The molecule has 20 heavy (non-hydrogen) atoms. The molecule has 0 saturated heterocycles. The van der Waals surface area contributed by atoms with E-state index in [2.05, 4.69) is 39.7 Å². The molecule has 0 aliphatic heterocycles. The molecule has 0 aliphatic carbocycles. The van der Waals surface area contributed by atoms with E-state index in [1.165, 1.54) is 0 Å². The van der Waals surface area contributed by atoms with Gasteiger partial charge in [-0.25, -0.2) is 4.98 Å². The molecule has 2 rings (SSSR count). The van der Waals surface area contributed by atoms with Crippen LogP contribution >= 0.6 is 39.7 Å². The molecule has 0 bridgehead atoms. The predicted molar refractivity (Wildman–Crippen MR) is 89.9 cm³/mol. The number of nitrogens with one attached hydrogen (secondary N) is 1. The van der Waals surface area contributed by atoms with Crippen molar-refractivity contribution >= 4 is 39.7 Å². The van der Waals surface area contributed by atoms with Crippen LogP contribution in [0.2, 0.25) is 5.02 Å². The first-order valence-corrected chi connectivity index (χ1v) is 8.05. The highest BCUT2D eigenvalue weighted by molar-refractivity contribution is 9.10. The smallest absolute Gasteiger partial charge is 0.144 e. The van der Waals surface area contributed by atoms with E-state index in [-0.39, 0.29) is 0 Å². The van der Waals surface area contributed by atoms with Gasteiger partial charge in [0.1, 0.15) is 10.5 Å². The topological polar surface area (TPSA) is 28.7 Å². The van der Waals surface area contributed by atoms with Gasteiger partial charge in [-0.1, -0.05) is 49.8 Å². The van der Waals surface area contributed by atoms with Gasteiger partial charge in [-0.15, -0.1) is 0 Å². The Morgan fingerprint density at radius 2 is 2.15 bits per heavy atom. The molecule has 0 fully saturated rings. The Kier molecular flexibility index (Phi) is 5.35. The summed E-state index contributed by atoms with van der Waals surface area (Å²) in [6.07, 6.45) is 1.64. The second-order valence-electron chi connectivity index (χ2n) is 5.19. The minimum Gasteiger partial charge on any atom is -0.346 e. The summed E-state index contributed by atoms with van der Waals surface area (Å²) >= 11 is 14.8. The van der Waals surface area contributed by atoms with E-state index in [0.717, 1.165) is 33.0 Å². The third-order valence-corrected chi connectivity index (χ3v) is 4.50. The van der Waals surface area contributed by atoms with E-state index in [9.17, 15) is 0 Å². The largest absolute Gasteiger partial charge is 0.346 e. The highest BCUT2D eigenvalue weighted by Crippen LogP contribution is 2.20. The van der Waals surface area contributed by atoms with Crippen molar-refractivity contribution in [2.45, 2.75) is 26.7 Å². The third kappa shape index (κ3) is 4.14. The molecule has 1 N–H and O–H groups in total. The summed E-state index contributed by atoms with van der Waals surface area (Å²) in [5, 5.41) is 0.737. The quantitative estimate of drug-likeness (QED) is 0.734. The summed E-state index contributed by atoms with van der Waals surface area (Å²) in [6.45, 7) is 4.36. The summed E-state index contributed by atoms with van der Waals surface area (Å²) in [4.78, 5) is 7.82. The van der Waals surface area contributed by atoms with Crippen molar-refractivity contribution in [1.29, 1.82) is 0 Å². The van der Waals surface area contributed by atoms with Gasteiger partial charge in [0.05, 0.1) is 4.47 Å². The molecule has 0 atom stereocenters. The van der Waals surface area contributed by atoms with Gasteiger partial charge in [-0.05, 0) is 46.0 Å². The van der Waals surface area contributed by atoms with Crippen LogP contribution in [0.25, 0.3) is 0 Å².